The minimum absolute atomic E-state index is 0.339. The van der Waals surface area contributed by atoms with Gasteiger partial charge in [-0.2, -0.15) is 0 Å². The Morgan fingerprint density at radius 1 is 1.75 bits per heavy atom. The molecule has 0 N–H and O–H groups in total. The predicted octanol–water partition coefficient (Wildman–Crippen LogP) is 2.42. The second-order valence-corrected chi connectivity index (χ2v) is 3.25. The molecule has 0 aromatic carbocycles. The summed E-state index contributed by atoms with van der Waals surface area (Å²) in [7, 11) is 0. The standard InChI is InChI=1S/C7H5BrClNO2/c1-4(11)12-5-2-6(8)7(9)10-3-5/h2-3H,1H3. The fraction of sp³-hybridized carbons (Fsp3) is 0.143. The van der Waals surface area contributed by atoms with Gasteiger partial charge in [0.25, 0.3) is 0 Å². The molecule has 0 aliphatic rings. The summed E-state index contributed by atoms with van der Waals surface area (Å²) >= 11 is 8.77. The number of carbonyl (C=O) groups excluding carboxylic acids is 1. The average Bonchev–Trinajstić information content (AvgIpc) is 1.96. The highest BCUT2D eigenvalue weighted by atomic mass is 79.9. The van der Waals surface area contributed by atoms with Crippen molar-refractivity contribution in [3.05, 3.63) is 21.9 Å². The summed E-state index contributed by atoms with van der Waals surface area (Å²) in [6.07, 6.45) is 1.38. The molecule has 3 nitrogen and oxygen atoms in total. The SMILES string of the molecule is CC(=O)Oc1cnc(Cl)c(Br)c1. The van der Waals surface area contributed by atoms with Crippen molar-refractivity contribution < 1.29 is 9.53 Å². The van der Waals surface area contributed by atoms with Crippen molar-refractivity contribution in [1.82, 2.24) is 4.98 Å². The molecule has 0 spiro atoms. The summed E-state index contributed by atoms with van der Waals surface area (Å²) in [6, 6.07) is 1.58. The zero-order valence-electron chi connectivity index (χ0n) is 6.17. The number of nitrogens with zero attached hydrogens (tertiary/aromatic N) is 1. The molecule has 0 aliphatic heterocycles. The van der Waals surface area contributed by atoms with E-state index < -0.39 is 0 Å². The number of halogens is 2. The Kier molecular flexibility index (Phi) is 3.05. The van der Waals surface area contributed by atoms with Crippen molar-refractivity contribution in [2.75, 3.05) is 0 Å². The minimum atomic E-state index is -0.383. The molecule has 0 amide bonds. The van der Waals surface area contributed by atoms with Crippen LogP contribution in [0.1, 0.15) is 6.92 Å². The molecule has 0 atom stereocenters. The van der Waals surface area contributed by atoms with Gasteiger partial charge in [0.15, 0.2) is 0 Å². The molecular weight excluding hydrogens is 245 g/mol. The third kappa shape index (κ3) is 2.46. The Labute approximate surface area is 82.8 Å². The summed E-state index contributed by atoms with van der Waals surface area (Å²) in [5.41, 5.74) is 0. The molecule has 0 saturated carbocycles. The van der Waals surface area contributed by atoms with Crippen LogP contribution >= 0.6 is 27.5 Å². The third-order valence-electron chi connectivity index (χ3n) is 1.03. The molecule has 1 rings (SSSR count). The lowest BCUT2D eigenvalue weighted by atomic mass is 10.5. The van der Waals surface area contributed by atoms with Crippen molar-refractivity contribution in [3.63, 3.8) is 0 Å². The van der Waals surface area contributed by atoms with Crippen LogP contribution in [-0.2, 0) is 4.79 Å². The van der Waals surface area contributed by atoms with E-state index in [1.165, 1.54) is 13.1 Å². The lowest BCUT2D eigenvalue weighted by Crippen LogP contribution is -2.01. The largest absolute Gasteiger partial charge is 0.425 e. The Hall–Kier alpha value is -0.610. The van der Waals surface area contributed by atoms with Gasteiger partial charge in [-0.15, -0.1) is 0 Å². The summed E-state index contributed by atoms with van der Waals surface area (Å²) in [5.74, 6) is -0.00945. The van der Waals surface area contributed by atoms with Gasteiger partial charge in [0.1, 0.15) is 10.9 Å². The highest BCUT2D eigenvalue weighted by Crippen LogP contribution is 2.23. The Morgan fingerprint density at radius 2 is 2.42 bits per heavy atom. The average molecular weight is 250 g/mol. The fourth-order valence-electron chi connectivity index (χ4n) is 0.625. The van der Waals surface area contributed by atoms with Crippen LogP contribution in [0.15, 0.2) is 16.7 Å². The van der Waals surface area contributed by atoms with Crippen LogP contribution in [0.3, 0.4) is 0 Å². The van der Waals surface area contributed by atoms with Crippen LogP contribution in [-0.4, -0.2) is 11.0 Å². The predicted molar refractivity (Wildman–Crippen MR) is 48.3 cm³/mol. The van der Waals surface area contributed by atoms with Gasteiger partial charge in [0.2, 0.25) is 0 Å². The Bertz CT molecular complexity index is 316. The van der Waals surface area contributed by atoms with E-state index in [0.29, 0.717) is 15.4 Å². The molecule has 0 unspecified atom stereocenters. The molecule has 64 valence electrons. The third-order valence-corrected chi connectivity index (χ3v) is 2.17. The molecule has 0 saturated heterocycles. The van der Waals surface area contributed by atoms with Gasteiger partial charge >= 0.3 is 5.97 Å². The molecule has 1 aromatic rings. The Balaban J connectivity index is 2.89. The summed E-state index contributed by atoms with van der Waals surface area (Å²) in [4.78, 5) is 14.3. The second-order valence-electron chi connectivity index (χ2n) is 2.04. The van der Waals surface area contributed by atoms with Crippen LogP contribution < -0.4 is 4.74 Å². The van der Waals surface area contributed by atoms with Gasteiger partial charge in [-0.25, -0.2) is 4.98 Å². The summed E-state index contributed by atoms with van der Waals surface area (Å²) in [5, 5.41) is 0.339. The van der Waals surface area contributed by atoms with Crippen molar-refractivity contribution in [3.8, 4) is 5.75 Å². The molecular formula is C7H5BrClNO2. The quantitative estimate of drug-likeness (QED) is 0.567. The topological polar surface area (TPSA) is 39.2 Å². The molecule has 0 fully saturated rings. The molecule has 1 aromatic heterocycles. The maximum Gasteiger partial charge on any atom is 0.308 e. The van der Waals surface area contributed by atoms with E-state index in [1.807, 2.05) is 0 Å². The summed E-state index contributed by atoms with van der Waals surface area (Å²) < 4.78 is 5.36. The lowest BCUT2D eigenvalue weighted by molar-refractivity contribution is -0.131. The van der Waals surface area contributed by atoms with Crippen molar-refractivity contribution in [2.45, 2.75) is 6.92 Å². The zero-order chi connectivity index (χ0) is 9.14. The number of carbonyl (C=O) groups is 1. The molecule has 0 aliphatic carbocycles. The molecule has 0 radical (unpaired) electrons. The number of hydrogen-bond acceptors (Lipinski definition) is 3. The number of aromatic nitrogens is 1. The zero-order valence-corrected chi connectivity index (χ0v) is 8.52. The number of pyridine rings is 1. The monoisotopic (exact) mass is 249 g/mol. The first kappa shape index (κ1) is 9.48. The van der Waals surface area contributed by atoms with E-state index in [2.05, 4.69) is 20.9 Å². The van der Waals surface area contributed by atoms with Crippen LogP contribution in [0.4, 0.5) is 0 Å². The molecule has 12 heavy (non-hydrogen) atoms. The first-order chi connectivity index (χ1) is 5.59. The second kappa shape index (κ2) is 3.87. The van der Waals surface area contributed by atoms with Crippen molar-refractivity contribution in [1.29, 1.82) is 0 Å². The van der Waals surface area contributed by atoms with Gasteiger partial charge in [-0.3, -0.25) is 4.79 Å². The normalized spacial score (nSPS) is 9.58. The van der Waals surface area contributed by atoms with E-state index in [-0.39, 0.29) is 5.97 Å². The highest BCUT2D eigenvalue weighted by molar-refractivity contribution is 9.10. The highest BCUT2D eigenvalue weighted by Gasteiger charge is 2.02. The Morgan fingerprint density at radius 3 is 2.92 bits per heavy atom. The number of ether oxygens (including phenoxy) is 1. The number of rotatable bonds is 1. The van der Waals surface area contributed by atoms with E-state index in [1.54, 1.807) is 6.07 Å². The maximum atomic E-state index is 10.5. The van der Waals surface area contributed by atoms with E-state index >= 15 is 0 Å². The van der Waals surface area contributed by atoms with Gasteiger partial charge in [0, 0.05) is 6.92 Å². The van der Waals surface area contributed by atoms with Gasteiger partial charge in [-0.05, 0) is 22.0 Å². The molecule has 5 heteroatoms. The number of esters is 1. The van der Waals surface area contributed by atoms with Crippen LogP contribution in [0.25, 0.3) is 0 Å². The van der Waals surface area contributed by atoms with Crippen LogP contribution in [0.2, 0.25) is 5.15 Å². The van der Waals surface area contributed by atoms with E-state index in [4.69, 9.17) is 16.3 Å². The van der Waals surface area contributed by atoms with E-state index in [0.717, 1.165) is 0 Å². The van der Waals surface area contributed by atoms with Crippen molar-refractivity contribution >= 4 is 33.5 Å². The first-order valence-corrected chi connectivity index (χ1v) is 4.26. The minimum Gasteiger partial charge on any atom is -0.425 e. The van der Waals surface area contributed by atoms with Crippen LogP contribution in [0, 0.1) is 0 Å². The van der Waals surface area contributed by atoms with Gasteiger partial charge in [-0.1, -0.05) is 11.6 Å². The molecule has 0 bridgehead atoms. The lowest BCUT2D eigenvalue weighted by Gasteiger charge is -2.00. The fourth-order valence-corrected chi connectivity index (χ4v) is 1.06. The van der Waals surface area contributed by atoms with Gasteiger partial charge < -0.3 is 4.74 Å². The van der Waals surface area contributed by atoms with E-state index in [9.17, 15) is 4.79 Å². The maximum absolute atomic E-state index is 10.5. The van der Waals surface area contributed by atoms with Crippen molar-refractivity contribution in [2.24, 2.45) is 0 Å². The number of hydrogen-bond donors (Lipinski definition) is 0. The summed E-state index contributed by atoms with van der Waals surface area (Å²) in [6.45, 7) is 1.32. The first-order valence-electron chi connectivity index (χ1n) is 3.09. The molecule has 1 heterocycles. The van der Waals surface area contributed by atoms with Gasteiger partial charge in [0.05, 0.1) is 10.7 Å². The van der Waals surface area contributed by atoms with Crippen LogP contribution in [0.5, 0.6) is 5.75 Å². The smallest absolute Gasteiger partial charge is 0.308 e.